The molecule has 1 aliphatic heterocycles. The van der Waals surface area contributed by atoms with Crippen molar-refractivity contribution in [1.29, 1.82) is 0 Å². The maximum absolute atomic E-state index is 13.5. The predicted octanol–water partition coefficient (Wildman–Crippen LogP) is 3.28. The summed E-state index contributed by atoms with van der Waals surface area (Å²) in [5.41, 5.74) is -1.39. The van der Waals surface area contributed by atoms with Crippen LogP contribution in [-0.2, 0) is 25.5 Å². The first kappa shape index (κ1) is 23.0. The van der Waals surface area contributed by atoms with Crippen LogP contribution in [0.3, 0.4) is 0 Å². The number of aryl methyl sites for hydroxylation is 1. The van der Waals surface area contributed by atoms with Crippen molar-refractivity contribution in [3.8, 4) is 0 Å². The van der Waals surface area contributed by atoms with E-state index in [-0.39, 0.29) is 17.0 Å². The quantitative estimate of drug-likeness (QED) is 0.687. The Kier molecular flexibility index (Phi) is 6.79. The smallest absolute Gasteiger partial charge is 0.309 e. The summed E-state index contributed by atoms with van der Waals surface area (Å²) in [7, 11) is 0. The van der Waals surface area contributed by atoms with Gasteiger partial charge < -0.3 is 19.3 Å². The number of benzene rings is 1. The number of amides is 1. The molecule has 6 nitrogen and oxygen atoms in total. The molecule has 2 unspecified atom stereocenters. The normalized spacial score (nSPS) is 30.3. The molecule has 1 aliphatic carbocycles. The summed E-state index contributed by atoms with van der Waals surface area (Å²) < 4.78 is 32.4. The number of likely N-dealkylation sites (tertiary alicyclic amines) is 1. The van der Waals surface area contributed by atoms with Gasteiger partial charge in [-0.25, -0.2) is 4.39 Å². The second kappa shape index (κ2) is 8.85. The SMILES string of the molecule is CCOC1(C(=O)N2CCC([S+]([O-])c3ccc(F)c(C)c3)C2)CCC(C)(C(=O)O)CC1. The number of carboxylic acid groups (broad SMARTS) is 1. The van der Waals surface area contributed by atoms with Crippen LogP contribution in [0.25, 0.3) is 0 Å². The monoisotopic (exact) mass is 439 g/mol. The molecule has 1 aromatic carbocycles. The van der Waals surface area contributed by atoms with Gasteiger partial charge in [0.1, 0.15) is 16.7 Å². The van der Waals surface area contributed by atoms with Gasteiger partial charge in [-0.15, -0.1) is 0 Å². The van der Waals surface area contributed by atoms with E-state index in [9.17, 15) is 23.6 Å². The molecule has 3 rings (SSSR count). The lowest BCUT2D eigenvalue weighted by Gasteiger charge is -2.43. The summed E-state index contributed by atoms with van der Waals surface area (Å²) in [5, 5.41) is 9.28. The number of hydrogen-bond donors (Lipinski definition) is 1. The van der Waals surface area contributed by atoms with Crippen molar-refractivity contribution in [2.24, 2.45) is 5.41 Å². The van der Waals surface area contributed by atoms with Gasteiger partial charge in [0.25, 0.3) is 5.91 Å². The maximum Gasteiger partial charge on any atom is 0.309 e. The van der Waals surface area contributed by atoms with Crippen LogP contribution in [0, 0.1) is 18.2 Å². The third-order valence-electron chi connectivity index (χ3n) is 6.58. The minimum atomic E-state index is -1.33. The zero-order valence-electron chi connectivity index (χ0n) is 17.8. The van der Waals surface area contributed by atoms with Gasteiger partial charge in [0.2, 0.25) is 0 Å². The van der Waals surface area contributed by atoms with Gasteiger partial charge in [0.05, 0.1) is 12.0 Å². The van der Waals surface area contributed by atoms with E-state index in [2.05, 4.69) is 0 Å². The van der Waals surface area contributed by atoms with Gasteiger partial charge >= 0.3 is 5.97 Å². The van der Waals surface area contributed by atoms with Gasteiger partial charge in [0, 0.05) is 19.6 Å². The molecule has 0 spiro atoms. The van der Waals surface area contributed by atoms with E-state index in [0.29, 0.717) is 62.3 Å². The number of carbonyl (C=O) groups is 2. The topological polar surface area (TPSA) is 89.9 Å². The number of hydrogen-bond acceptors (Lipinski definition) is 4. The number of rotatable bonds is 6. The first-order valence-electron chi connectivity index (χ1n) is 10.5. The van der Waals surface area contributed by atoms with Crippen LogP contribution in [0.2, 0.25) is 0 Å². The highest BCUT2D eigenvalue weighted by atomic mass is 32.2. The summed E-state index contributed by atoms with van der Waals surface area (Å²) in [5.74, 6) is -1.30. The van der Waals surface area contributed by atoms with Gasteiger partial charge in [-0.3, -0.25) is 9.59 Å². The summed E-state index contributed by atoms with van der Waals surface area (Å²) in [6.07, 6.45) is 2.09. The van der Waals surface area contributed by atoms with Crippen LogP contribution in [0.4, 0.5) is 4.39 Å². The fourth-order valence-electron chi connectivity index (χ4n) is 4.43. The summed E-state index contributed by atoms with van der Waals surface area (Å²) >= 11 is -1.33. The molecule has 1 aromatic rings. The van der Waals surface area contributed by atoms with E-state index in [0.717, 1.165) is 0 Å². The lowest BCUT2D eigenvalue weighted by molar-refractivity contribution is -0.171. The molecule has 0 bridgehead atoms. The third-order valence-corrected chi connectivity index (χ3v) is 8.29. The van der Waals surface area contributed by atoms with E-state index in [4.69, 9.17) is 4.74 Å². The Bertz CT molecular complexity index is 809. The fraction of sp³-hybridized carbons (Fsp3) is 0.636. The van der Waals surface area contributed by atoms with Crippen molar-refractivity contribution in [2.75, 3.05) is 19.7 Å². The minimum Gasteiger partial charge on any atom is -0.611 e. The van der Waals surface area contributed by atoms with Crippen LogP contribution in [0.1, 0.15) is 51.5 Å². The number of ether oxygens (including phenoxy) is 1. The average Bonchev–Trinajstić information content (AvgIpc) is 3.21. The van der Waals surface area contributed by atoms with E-state index < -0.39 is 28.2 Å². The van der Waals surface area contributed by atoms with Crippen molar-refractivity contribution >= 4 is 23.1 Å². The Balaban J connectivity index is 1.70. The van der Waals surface area contributed by atoms with Crippen molar-refractivity contribution in [1.82, 2.24) is 4.90 Å². The largest absolute Gasteiger partial charge is 0.611 e. The van der Waals surface area contributed by atoms with E-state index in [1.165, 1.54) is 6.07 Å². The van der Waals surface area contributed by atoms with E-state index in [1.54, 1.807) is 30.9 Å². The molecule has 1 saturated heterocycles. The number of halogens is 1. The van der Waals surface area contributed by atoms with Crippen LogP contribution < -0.4 is 0 Å². The predicted molar refractivity (Wildman–Crippen MR) is 111 cm³/mol. The van der Waals surface area contributed by atoms with E-state index in [1.807, 2.05) is 6.92 Å². The van der Waals surface area contributed by atoms with Crippen molar-refractivity contribution in [3.63, 3.8) is 0 Å². The van der Waals surface area contributed by atoms with Crippen LogP contribution in [0.15, 0.2) is 23.1 Å². The molecule has 8 heteroatoms. The molecule has 1 N–H and O–H groups in total. The molecule has 2 atom stereocenters. The number of nitrogens with zero attached hydrogens (tertiary/aromatic N) is 1. The lowest BCUT2D eigenvalue weighted by atomic mass is 9.69. The molecule has 2 fully saturated rings. The average molecular weight is 440 g/mol. The Labute approximate surface area is 180 Å². The van der Waals surface area contributed by atoms with Gasteiger partial charge in [-0.05, 0) is 81.4 Å². The Morgan fingerprint density at radius 1 is 1.33 bits per heavy atom. The van der Waals surface area contributed by atoms with Gasteiger partial charge in [-0.2, -0.15) is 0 Å². The Morgan fingerprint density at radius 2 is 2.00 bits per heavy atom. The standard InChI is InChI=1S/C22H30FNO5S/c1-4-29-22(10-8-21(3,9-11-22)20(26)27)19(25)24-12-7-17(14-24)30(28)16-5-6-18(23)15(2)13-16/h5-6,13,17H,4,7-12,14H2,1-3H3,(H,26,27). The van der Waals surface area contributed by atoms with Crippen molar-refractivity contribution in [3.05, 3.63) is 29.6 Å². The first-order valence-corrected chi connectivity index (χ1v) is 11.7. The maximum atomic E-state index is 13.5. The Morgan fingerprint density at radius 3 is 2.57 bits per heavy atom. The molecule has 1 amide bonds. The molecular weight excluding hydrogens is 409 g/mol. The third kappa shape index (κ3) is 4.36. The summed E-state index contributed by atoms with van der Waals surface area (Å²) in [4.78, 5) is 27.3. The number of carboxylic acids is 1. The highest BCUT2D eigenvalue weighted by Crippen LogP contribution is 2.44. The number of carbonyl (C=O) groups excluding carboxylic acids is 1. The summed E-state index contributed by atoms with van der Waals surface area (Å²) in [6, 6.07) is 4.47. The zero-order valence-corrected chi connectivity index (χ0v) is 18.6. The Hall–Kier alpha value is -1.64. The van der Waals surface area contributed by atoms with Gasteiger partial charge in [-0.1, -0.05) is 0 Å². The molecule has 166 valence electrons. The second-order valence-corrected chi connectivity index (χ2v) is 10.4. The van der Waals surface area contributed by atoms with Crippen molar-refractivity contribution < 1.29 is 28.4 Å². The molecule has 0 aromatic heterocycles. The molecule has 2 aliphatic rings. The van der Waals surface area contributed by atoms with E-state index >= 15 is 0 Å². The highest BCUT2D eigenvalue weighted by Gasteiger charge is 2.51. The minimum absolute atomic E-state index is 0.133. The number of aliphatic carboxylic acids is 1. The van der Waals surface area contributed by atoms with Crippen LogP contribution in [-0.4, -0.2) is 57.0 Å². The lowest BCUT2D eigenvalue weighted by Crippen LogP contribution is -2.54. The molecule has 0 radical (unpaired) electrons. The zero-order chi connectivity index (χ0) is 22.1. The highest BCUT2D eigenvalue weighted by molar-refractivity contribution is 7.92. The summed E-state index contributed by atoms with van der Waals surface area (Å²) in [6.45, 7) is 6.40. The first-order chi connectivity index (χ1) is 14.1. The van der Waals surface area contributed by atoms with Crippen molar-refractivity contribution in [2.45, 2.75) is 68.6 Å². The van der Waals surface area contributed by atoms with Crippen LogP contribution >= 0.6 is 0 Å². The molecule has 1 heterocycles. The fourth-order valence-corrected chi connectivity index (χ4v) is 5.94. The molecular formula is C22H30FNO5S. The molecule has 1 saturated carbocycles. The van der Waals surface area contributed by atoms with Gasteiger partial charge in [0.15, 0.2) is 4.90 Å². The second-order valence-electron chi connectivity index (χ2n) is 8.66. The van der Waals surface area contributed by atoms with Crippen LogP contribution in [0.5, 0.6) is 0 Å². The molecule has 30 heavy (non-hydrogen) atoms.